The smallest absolute Gasteiger partial charge is 0.0854 e. The van der Waals surface area contributed by atoms with Gasteiger partial charge in [0.25, 0.3) is 0 Å². The molecule has 0 saturated carbocycles. The second-order valence-corrected chi connectivity index (χ2v) is 0.885. The van der Waals surface area contributed by atoms with Crippen molar-refractivity contribution in [2.45, 2.75) is 13.3 Å². The molecule has 6 heavy (non-hydrogen) atoms. The van der Waals surface area contributed by atoms with E-state index in [4.69, 9.17) is 0 Å². The van der Waals surface area contributed by atoms with Crippen LogP contribution in [0.25, 0.3) is 0 Å². The summed E-state index contributed by atoms with van der Waals surface area (Å²) in [5.41, 5.74) is 0. The minimum Gasteiger partial charge on any atom is -0.202 e. The normalized spacial score (nSPS) is 9.00. The molecular formula is C3H7FO2. The van der Waals surface area contributed by atoms with Crippen molar-refractivity contribution in [3.05, 3.63) is 0 Å². The van der Waals surface area contributed by atoms with E-state index in [1.165, 1.54) is 0 Å². The van der Waals surface area contributed by atoms with E-state index in [9.17, 15) is 4.53 Å². The van der Waals surface area contributed by atoms with Gasteiger partial charge in [0.05, 0.1) is 6.61 Å². The zero-order valence-corrected chi connectivity index (χ0v) is 3.61. The molecule has 0 aromatic heterocycles. The van der Waals surface area contributed by atoms with Crippen LogP contribution in [-0.4, -0.2) is 6.61 Å². The quantitative estimate of drug-likeness (QED) is 0.297. The number of hydrogen-bond donors (Lipinski definition) is 0. The van der Waals surface area contributed by atoms with Gasteiger partial charge in [0.15, 0.2) is 0 Å². The topological polar surface area (TPSA) is 18.5 Å². The molecule has 0 fully saturated rings. The molecule has 2 nitrogen and oxygen atoms in total. The third-order valence-corrected chi connectivity index (χ3v) is 0.332. The van der Waals surface area contributed by atoms with E-state index in [1.54, 1.807) is 0 Å². The molecule has 0 bridgehead atoms. The van der Waals surface area contributed by atoms with Crippen molar-refractivity contribution in [3.8, 4) is 0 Å². The molecule has 0 unspecified atom stereocenters. The third kappa shape index (κ3) is 3.85. The van der Waals surface area contributed by atoms with E-state index in [0.29, 0.717) is 6.61 Å². The average Bonchev–Trinajstić information content (AvgIpc) is 1.61. The SMILES string of the molecule is CCCOOF. The molecule has 0 aromatic carbocycles. The van der Waals surface area contributed by atoms with Gasteiger partial charge in [0.1, 0.15) is 0 Å². The van der Waals surface area contributed by atoms with Crippen LogP contribution in [0.1, 0.15) is 13.3 Å². The van der Waals surface area contributed by atoms with Gasteiger partial charge in [0.2, 0.25) is 0 Å². The number of rotatable bonds is 3. The molecule has 0 aromatic rings. The lowest BCUT2D eigenvalue weighted by molar-refractivity contribution is -0.429. The predicted molar refractivity (Wildman–Crippen MR) is 18.4 cm³/mol. The molecular weight excluding hydrogens is 87.0 g/mol. The fourth-order valence-electron chi connectivity index (χ4n) is 0.115. The Labute approximate surface area is 35.7 Å². The first-order chi connectivity index (χ1) is 2.91. The maximum atomic E-state index is 10.5. The third-order valence-electron chi connectivity index (χ3n) is 0.332. The van der Waals surface area contributed by atoms with Crippen LogP contribution in [0.5, 0.6) is 0 Å². The van der Waals surface area contributed by atoms with Crippen molar-refractivity contribution >= 4 is 0 Å². The Hall–Kier alpha value is -0.150. The highest BCUT2D eigenvalue weighted by Gasteiger charge is 1.76. The zero-order valence-electron chi connectivity index (χ0n) is 3.61. The van der Waals surface area contributed by atoms with E-state index in [0.717, 1.165) is 6.42 Å². The summed E-state index contributed by atoms with van der Waals surface area (Å²) in [6.45, 7) is 2.18. The van der Waals surface area contributed by atoms with Crippen LogP contribution in [0.4, 0.5) is 4.53 Å². The summed E-state index contributed by atoms with van der Waals surface area (Å²) in [5, 5.41) is 2.78. The van der Waals surface area contributed by atoms with E-state index >= 15 is 0 Å². The number of halogens is 1. The Kier molecular flexibility index (Phi) is 4.73. The van der Waals surface area contributed by atoms with Crippen molar-refractivity contribution in [3.63, 3.8) is 0 Å². The van der Waals surface area contributed by atoms with Gasteiger partial charge in [-0.05, 0) is 16.0 Å². The van der Waals surface area contributed by atoms with Gasteiger partial charge in [-0.25, -0.2) is 4.89 Å². The maximum Gasteiger partial charge on any atom is 0.0854 e. The van der Waals surface area contributed by atoms with Crippen LogP contribution < -0.4 is 0 Å². The van der Waals surface area contributed by atoms with Gasteiger partial charge in [0, 0.05) is 0 Å². The monoisotopic (exact) mass is 94.0 g/mol. The van der Waals surface area contributed by atoms with Crippen molar-refractivity contribution < 1.29 is 14.5 Å². The Morgan fingerprint density at radius 2 is 2.33 bits per heavy atom. The lowest BCUT2D eigenvalue weighted by Crippen LogP contribution is -1.85. The zero-order chi connectivity index (χ0) is 4.83. The Morgan fingerprint density at radius 1 is 1.67 bits per heavy atom. The van der Waals surface area contributed by atoms with E-state index < -0.39 is 0 Å². The van der Waals surface area contributed by atoms with E-state index in [1.807, 2.05) is 6.92 Å². The highest BCUT2D eigenvalue weighted by Crippen LogP contribution is 1.79. The number of hydrogen-bond acceptors (Lipinski definition) is 2. The predicted octanol–water partition coefficient (Wildman–Crippen LogP) is 1.23. The first-order valence-electron chi connectivity index (χ1n) is 1.82. The minimum atomic E-state index is 0.316. The highest BCUT2D eigenvalue weighted by atomic mass is 19.3. The Morgan fingerprint density at radius 3 is 2.50 bits per heavy atom. The maximum absolute atomic E-state index is 10.5. The Bertz CT molecular complexity index is 20.8. The molecule has 0 aliphatic carbocycles. The molecule has 0 amide bonds. The largest absolute Gasteiger partial charge is 0.202 e. The summed E-state index contributed by atoms with van der Waals surface area (Å²) in [5.74, 6) is 0. The fourth-order valence-corrected chi connectivity index (χ4v) is 0.115. The summed E-state index contributed by atoms with van der Waals surface area (Å²) in [7, 11) is 0. The first-order valence-corrected chi connectivity index (χ1v) is 1.82. The molecule has 0 saturated heterocycles. The average molecular weight is 94.1 g/mol. The van der Waals surface area contributed by atoms with E-state index in [2.05, 4.69) is 9.98 Å². The lowest BCUT2D eigenvalue weighted by Gasteiger charge is -1.85. The summed E-state index contributed by atoms with van der Waals surface area (Å²) in [6, 6.07) is 0. The van der Waals surface area contributed by atoms with Crippen molar-refractivity contribution in [1.29, 1.82) is 0 Å². The van der Waals surface area contributed by atoms with Crippen LogP contribution in [0.3, 0.4) is 0 Å². The van der Waals surface area contributed by atoms with Crippen molar-refractivity contribution in [2.75, 3.05) is 6.61 Å². The second kappa shape index (κ2) is 4.85. The van der Waals surface area contributed by atoms with Gasteiger partial charge >= 0.3 is 0 Å². The lowest BCUT2D eigenvalue weighted by atomic mass is 10.5. The van der Waals surface area contributed by atoms with Gasteiger partial charge in [-0.2, -0.15) is 0 Å². The summed E-state index contributed by atoms with van der Waals surface area (Å²) in [6.07, 6.45) is 0.768. The molecule has 0 radical (unpaired) electrons. The molecule has 0 N–H and O–H groups in total. The minimum absolute atomic E-state index is 0.316. The second-order valence-electron chi connectivity index (χ2n) is 0.885. The Balaban J connectivity index is 2.34. The molecule has 0 rings (SSSR count). The van der Waals surface area contributed by atoms with Crippen LogP contribution in [0.2, 0.25) is 0 Å². The van der Waals surface area contributed by atoms with Gasteiger partial charge < -0.3 is 0 Å². The van der Waals surface area contributed by atoms with Crippen molar-refractivity contribution in [2.24, 2.45) is 0 Å². The van der Waals surface area contributed by atoms with Gasteiger partial charge in [-0.3, -0.25) is 0 Å². The molecule has 3 heteroatoms. The van der Waals surface area contributed by atoms with Crippen molar-refractivity contribution in [1.82, 2.24) is 0 Å². The highest BCUT2D eigenvalue weighted by molar-refractivity contribution is 4.13. The molecule has 38 valence electrons. The first kappa shape index (κ1) is 5.85. The molecule has 0 atom stereocenters. The van der Waals surface area contributed by atoms with Gasteiger partial charge in [-0.15, -0.1) is 0 Å². The molecule has 0 aliphatic rings. The summed E-state index contributed by atoms with van der Waals surface area (Å²) in [4.78, 5) is 3.82. The summed E-state index contributed by atoms with van der Waals surface area (Å²) < 4.78 is 10.5. The van der Waals surface area contributed by atoms with Crippen LogP contribution in [0.15, 0.2) is 0 Å². The van der Waals surface area contributed by atoms with Crippen LogP contribution in [-0.2, 0) is 9.98 Å². The molecule has 0 spiro atoms. The standard InChI is InChI=1S/C3H7FO2/c1-2-3-5-6-4/h2-3H2,1H3. The molecule has 0 heterocycles. The fraction of sp³-hybridized carbons (Fsp3) is 1.00. The van der Waals surface area contributed by atoms with Crippen LogP contribution in [0, 0.1) is 0 Å². The van der Waals surface area contributed by atoms with Crippen LogP contribution >= 0.6 is 0 Å². The summed E-state index contributed by atoms with van der Waals surface area (Å²) >= 11 is 0. The van der Waals surface area contributed by atoms with Gasteiger partial charge in [-0.1, -0.05) is 6.92 Å². The molecule has 0 aliphatic heterocycles. The van der Waals surface area contributed by atoms with E-state index in [-0.39, 0.29) is 0 Å².